The van der Waals surface area contributed by atoms with Gasteiger partial charge in [-0.2, -0.15) is 0 Å². The quantitative estimate of drug-likeness (QED) is 0.778. The first kappa shape index (κ1) is 19.0. The van der Waals surface area contributed by atoms with Crippen molar-refractivity contribution in [3.63, 3.8) is 0 Å². The maximum absolute atomic E-state index is 13.2. The van der Waals surface area contributed by atoms with E-state index in [1.54, 1.807) is 18.6 Å². The Morgan fingerprint density at radius 3 is 2.63 bits per heavy atom. The van der Waals surface area contributed by atoms with Crippen LogP contribution in [0.2, 0.25) is 0 Å². The molecule has 2 aromatic heterocycles. The molecule has 144 valence electrons. The summed E-state index contributed by atoms with van der Waals surface area (Å²) >= 11 is 0. The van der Waals surface area contributed by atoms with E-state index in [4.69, 9.17) is 0 Å². The summed E-state index contributed by atoms with van der Waals surface area (Å²) < 4.78 is 1.54. The normalized spacial score (nSPS) is 20.7. The van der Waals surface area contributed by atoms with Crippen LogP contribution >= 0.6 is 0 Å². The largest absolute Gasteiger partial charge is 0.391 e. The first-order chi connectivity index (χ1) is 12.9. The number of likely N-dealkylation sites (tertiary alicyclic amines) is 1. The van der Waals surface area contributed by atoms with Crippen LogP contribution in [0.5, 0.6) is 0 Å². The zero-order valence-electron chi connectivity index (χ0n) is 15.6. The molecule has 1 aliphatic rings. The van der Waals surface area contributed by atoms with Crippen molar-refractivity contribution in [2.24, 2.45) is 5.92 Å². The van der Waals surface area contributed by atoms with E-state index in [1.165, 1.54) is 16.6 Å². The second-order valence-electron chi connectivity index (χ2n) is 7.02. The smallest absolute Gasteiger partial charge is 0.248 e. The lowest BCUT2D eigenvalue weighted by Gasteiger charge is -2.29. The molecule has 0 aliphatic carbocycles. The first-order valence-electron chi connectivity index (χ1n) is 8.94. The van der Waals surface area contributed by atoms with Crippen LogP contribution in [0.4, 0.5) is 0 Å². The summed E-state index contributed by atoms with van der Waals surface area (Å²) in [6.45, 7) is 3.96. The highest BCUT2D eigenvalue weighted by atomic mass is 16.3. The molecule has 9 nitrogen and oxygen atoms in total. The molecule has 27 heavy (non-hydrogen) atoms. The molecule has 3 unspecified atom stereocenters. The summed E-state index contributed by atoms with van der Waals surface area (Å²) in [6, 6.07) is 2.34. The summed E-state index contributed by atoms with van der Waals surface area (Å²) in [6.07, 6.45) is 4.57. The number of hydrogen-bond acceptors (Lipinski definition) is 6. The molecule has 2 aromatic rings. The molecule has 0 bridgehead atoms. The Balaban J connectivity index is 1.88. The van der Waals surface area contributed by atoms with Gasteiger partial charge in [0.1, 0.15) is 17.8 Å². The van der Waals surface area contributed by atoms with E-state index >= 15 is 0 Å². The fraction of sp³-hybridized carbons (Fsp3) is 0.500. The van der Waals surface area contributed by atoms with E-state index < -0.39 is 18.2 Å². The molecule has 1 aliphatic heterocycles. The average molecular weight is 372 g/mol. The van der Waals surface area contributed by atoms with Gasteiger partial charge in [0.2, 0.25) is 11.8 Å². The molecular weight excluding hydrogens is 348 g/mol. The van der Waals surface area contributed by atoms with Crippen molar-refractivity contribution in [3.8, 4) is 11.3 Å². The Morgan fingerprint density at radius 2 is 2.00 bits per heavy atom. The zero-order chi connectivity index (χ0) is 19.6. The lowest BCUT2D eigenvalue weighted by molar-refractivity contribution is -0.142. The molecule has 0 radical (unpaired) electrons. The number of likely N-dealkylation sites (N-methyl/N-ethyl adjacent to an activating group) is 1. The third-order valence-corrected chi connectivity index (χ3v) is 4.77. The number of nitrogens with one attached hydrogen (secondary N) is 1. The number of rotatable bonds is 5. The summed E-state index contributed by atoms with van der Waals surface area (Å²) in [4.78, 5) is 30.8. The van der Waals surface area contributed by atoms with Gasteiger partial charge in [-0.25, -0.2) is 4.68 Å². The highest BCUT2D eigenvalue weighted by Gasteiger charge is 2.42. The van der Waals surface area contributed by atoms with E-state index in [1.807, 2.05) is 26.0 Å². The van der Waals surface area contributed by atoms with Gasteiger partial charge in [0.05, 0.1) is 12.3 Å². The van der Waals surface area contributed by atoms with Gasteiger partial charge in [0.25, 0.3) is 0 Å². The SMILES string of the molecule is CNC(=O)C1CC(O)CN1C(=O)C(C(C)C)n1cc(-c2ccncc2)nn1. The number of pyridine rings is 1. The Bertz CT molecular complexity index is 806. The number of aromatic nitrogens is 4. The van der Waals surface area contributed by atoms with Crippen molar-refractivity contribution in [1.29, 1.82) is 0 Å². The van der Waals surface area contributed by atoms with Crippen molar-refractivity contribution < 1.29 is 14.7 Å². The number of amides is 2. The molecule has 0 saturated carbocycles. The van der Waals surface area contributed by atoms with Crippen LogP contribution in [0.25, 0.3) is 11.3 Å². The number of hydrogen-bond donors (Lipinski definition) is 2. The van der Waals surface area contributed by atoms with E-state index in [2.05, 4.69) is 20.6 Å². The predicted molar refractivity (Wildman–Crippen MR) is 97.3 cm³/mol. The highest BCUT2D eigenvalue weighted by Crippen LogP contribution is 2.27. The number of carbonyl (C=O) groups excluding carboxylic acids is 2. The topological polar surface area (TPSA) is 113 Å². The average Bonchev–Trinajstić information content (AvgIpc) is 3.28. The summed E-state index contributed by atoms with van der Waals surface area (Å²) in [7, 11) is 1.52. The molecule has 9 heteroatoms. The van der Waals surface area contributed by atoms with Crippen molar-refractivity contribution in [3.05, 3.63) is 30.7 Å². The van der Waals surface area contributed by atoms with Crippen LogP contribution in [0, 0.1) is 5.92 Å². The van der Waals surface area contributed by atoms with Gasteiger partial charge in [-0.05, 0) is 18.1 Å². The standard InChI is InChI=1S/C18H24N6O3/c1-11(2)16(18(27)23-9-13(25)8-15(23)17(26)19-3)24-10-14(21-22-24)12-4-6-20-7-5-12/h4-7,10-11,13,15-16,25H,8-9H2,1-3H3,(H,19,26). The second kappa shape index (κ2) is 7.83. The minimum Gasteiger partial charge on any atom is -0.391 e. The Labute approximate surface area is 157 Å². The fourth-order valence-electron chi connectivity index (χ4n) is 3.41. The summed E-state index contributed by atoms with van der Waals surface area (Å²) in [5.41, 5.74) is 1.49. The third-order valence-electron chi connectivity index (χ3n) is 4.77. The molecule has 1 saturated heterocycles. The number of aliphatic hydroxyl groups is 1. The van der Waals surface area contributed by atoms with Crippen molar-refractivity contribution in [2.45, 2.75) is 38.5 Å². The van der Waals surface area contributed by atoms with Crippen molar-refractivity contribution >= 4 is 11.8 Å². The molecule has 2 N–H and O–H groups in total. The van der Waals surface area contributed by atoms with Crippen LogP contribution < -0.4 is 5.32 Å². The third kappa shape index (κ3) is 3.82. The van der Waals surface area contributed by atoms with Crippen LogP contribution in [0.15, 0.2) is 30.7 Å². The van der Waals surface area contributed by atoms with Gasteiger partial charge in [-0.3, -0.25) is 14.6 Å². The Kier molecular flexibility index (Phi) is 5.50. The molecule has 1 fully saturated rings. The molecule has 0 spiro atoms. The molecular formula is C18H24N6O3. The maximum Gasteiger partial charge on any atom is 0.248 e. The van der Waals surface area contributed by atoms with Gasteiger partial charge in [0.15, 0.2) is 0 Å². The first-order valence-corrected chi connectivity index (χ1v) is 8.94. The van der Waals surface area contributed by atoms with Gasteiger partial charge in [-0.15, -0.1) is 5.10 Å². The van der Waals surface area contributed by atoms with E-state index in [9.17, 15) is 14.7 Å². The van der Waals surface area contributed by atoms with Crippen LogP contribution in [0.3, 0.4) is 0 Å². The van der Waals surface area contributed by atoms with Crippen LogP contribution in [0.1, 0.15) is 26.3 Å². The molecule has 3 heterocycles. The maximum atomic E-state index is 13.2. The fourth-order valence-corrected chi connectivity index (χ4v) is 3.41. The highest BCUT2D eigenvalue weighted by molar-refractivity contribution is 5.90. The summed E-state index contributed by atoms with van der Waals surface area (Å²) in [5, 5.41) is 20.9. The molecule has 3 rings (SSSR count). The number of aliphatic hydroxyl groups excluding tert-OH is 1. The Hall–Kier alpha value is -2.81. The van der Waals surface area contributed by atoms with E-state index in [0.29, 0.717) is 5.69 Å². The minimum absolute atomic E-state index is 0.0763. The van der Waals surface area contributed by atoms with Crippen LogP contribution in [-0.4, -0.2) is 67.5 Å². The van der Waals surface area contributed by atoms with E-state index in [-0.39, 0.29) is 30.7 Å². The Morgan fingerprint density at radius 1 is 1.30 bits per heavy atom. The number of carbonyl (C=O) groups is 2. The monoisotopic (exact) mass is 372 g/mol. The zero-order valence-corrected chi connectivity index (χ0v) is 15.6. The van der Waals surface area contributed by atoms with Crippen molar-refractivity contribution in [1.82, 2.24) is 30.2 Å². The van der Waals surface area contributed by atoms with Gasteiger partial charge < -0.3 is 15.3 Å². The van der Waals surface area contributed by atoms with Gasteiger partial charge in [-0.1, -0.05) is 19.1 Å². The van der Waals surface area contributed by atoms with Crippen molar-refractivity contribution in [2.75, 3.05) is 13.6 Å². The second-order valence-corrected chi connectivity index (χ2v) is 7.02. The van der Waals surface area contributed by atoms with Crippen LogP contribution in [-0.2, 0) is 9.59 Å². The number of β-amino-alcohol motifs (C(OH)–C–C–N with tert-alkyl or cyclic N) is 1. The minimum atomic E-state index is -0.716. The predicted octanol–water partition coefficient (Wildman–Crippen LogP) is 0.245. The van der Waals surface area contributed by atoms with E-state index in [0.717, 1.165) is 5.56 Å². The summed E-state index contributed by atoms with van der Waals surface area (Å²) in [5.74, 6) is -0.604. The van der Waals surface area contributed by atoms with Gasteiger partial charge in [0, 0.05) is 38.0 Å². The molecule has 0 aromatic carbocycles. The lowest BCUT2D eigenvalue weighted by atomic mass is 10.0. The molecule has 3 atom stereocenters. The number of nitrogens with zero attached hydrogens (tertiary/aromatic N) is 5. The van der Waals surface area contributed by atoms with Gasteiger partial charge >= 0.3 is 0 Å². The molecule has 2 amide bonds. The lowest BCUT2D eigenvalue weighted by Crippen LogP contribution is -2.48.